The van der Waals surface area contributed by atoms with E-state index >= 15 is 0 Å². The number of halogens is 3. The predicted molar refractivity (Wildman–Crippen MR) is 64.0 cm³/mol. The Labute approximate surface area is 110 Å². The monoisotopic (exact) mass is 283 g/mol. The molecular weight excluding hydrogens is 263 g/mol. The SMILES string of the molecule is CC1(CNCC(C(N)=NO)C(F)(F)F)CCOCC1. The van der Waals surface area contributed by atoms with Crippen molar-refractivity contribution in [3.8, 4) is 0 Å². The Hall–Kier alpha value is -1.02. The van der Waals surface area contributed by atoms with Gasteiger partial charge in [0, 0.05) is 26.3 Å². The highest BCUT2D eigenvalue weighted by atomic mass is 19.4. The van der Waals surface area contributed by atoms with Gasteiger partial charge in [0.1, 0.15) is 5.92 Å². The van der Waals surface area contributed by atoms with Crippen LogP contribution in [0.5, 0.6) is 0 Å². The van der Waals surface area contributed by atoms with Crippen molar-refractivity contribution < 1.29 is 23.1 Å². The third kappa shape index (κ3) is 4.87. The summed E-state index contributed by atoms with van der Waals surface area (Å²) in [4.78, 5) is 0. The number of nitrogens with zero attached hydrogens (tertiary/aromatic N) is 1. The minimum absolute atomic E-state index is 0.0699. The summed E-state index contributed by atoms with van der Waals surface area (Å²) >= 11 is 0. The lowest BCUT2D eigenvalue weighted by molar-refractivity contribution is -0.155. The fourth-order valence-corrected chi connectivity index (χ4v) is 2.02. The zero-order valence-corrected chi connectivity index (χ0v) is 10.8. The number of ether oxygens (including phenoxy) is 1. The van der Waals surface area contributed by atoms with E-state index in [-0.39, 0.29) is 5.41 Å². The van der Waals surface area contributed by atoms with Gasteiger partial charge in [0.25, 0.3) is 0 Å². The van der Waals surface area contributed by atoms with Crippen LogP contribution in [-0.2, 0) is 4.74 Å². The Morgan fingerprint density at radius 1 is 1.47 bits per heavy atom. The van der Waals surface area contributed by atoms with Crippen LogP contribution in [0.3, 0.4) is 0 Å². The maximum atomic E-state index is 12.7. The van der Waals surface area contributed by atoms with E-state index in [0.29, 0.717) is 19.8 Å². The third-order valence-electron chi connectivity index (χ3n) is 3.47. The van der Waals surface area contributed by atoms with Gasteiger partial charge in [-0.2, -0.15) is 13.2 Å². The van der Waals surface area contributed by atoms with Gasteiger partial charge in [-0.3, -0.25) is 0 Å². The summed E-state index contributed by atoms with van der Waals surface area (Å²) in [5.74, 6) is -2.79. The zero-order chi connectivity index (χ0) is 14.5. The third-order valence-corrected chi connectivity index (χ3v) is 3.47. The maximum Gasteiger partial charge on any atom is 0.400 e. The number of nitrogens with one attached hydrogen (secondary N) is 1. The number of hydrogen-bond donors (Lipinski definition) is 3. The number of alkyl halides is 3. The van der Waals surface area contributed by atoms with Gasteiger partial charge in [-0.25, -0.2) is 0 Å². The van der Waals surface area contributed by atoms with Gasteiger partial charge in [0.15, 0.2) is 5.84 Å². The molecule has 0 aliphatic carbocycles. The van der Waals surface area contributed by atoms with Crippen LogP contribution in [0.15, 0.2) is 5.16 Å². The predicted octanol–water partition coefficient (Wildman–Crippen LogP) is 1.32. The van der Waals surface area contributed by atoms with Gasteiger partial charge in [0.2, 0.25) is 0 Å². The molecule has 19 heavy (non-hydrogen) atoms. The second-order valence-corrected chi connectivity index (χ2v) is 5.17. The summed E-state index contributed by atoms with van der Waals surface area (Å²) in [7, 11) is 0. The molecule has 0 radical (unpaired) electrons. The quantitative estimate of drug-likeness (QED) is 0.308. The molecular formula is C11H20F3N3O2. The molecule has 112 valence electrons. The molecule has 0 amide bonds. The summed E-state index contributed by atoms with van der Waals surface area (Å²) in [6.07, 6.45) is -2.92. The molecule has 1 unspecified atom stereocenters. The van der Waals surface area contributed by atoms with Crippen molar-refractivity contribution in [2.75, 3.05) is 26.3 Å². The van der Waals surface area contributed by atoms with Gasteiger partial charge in [-0.1, -0.05) is 12.1 Å². The summed E-state index contributed by atoms with van der Waals surface area (Å²) in [5.41, 5.74) is 5.01. The van der Waals surface area contributed by atoms with E-state index in [1.807, 2.05) is 6.92 Å². The average molecular weight is 283 g/mol. The van der Waals surface area contributed by atoms with Gasteiger partial charge in [0.05, 0.1) is 0 Å². The van der Waals surface area contributed by atoms with Crippen molar-refractivity contribution in [1.29, 1.82) is 0 Å². The van der Waals surface area contributed by atoms with Crippen LogP contribution in [0.4, 0.5) is 13.2 Å². The topological polar surface area (TPSA) is 79.9 Å². The lowest BCUT2D eigenvalue weighted by Gasteiger charge is -2.34. The Morgan fingerprint density at radius 2 is 2.05 bits per heavy atom. The van der Waals surface area contributed by atoms with E-state index in [0.717, 1.165) is 12.8 Å². The van der Waals surface area contributed by atoms with Crippen LogP contribution in [0, 0.1) is 11.3 Å². The molecule has 1 rings (SSSR count). The Bertz CT molecular complexity index is 315. The molecule has 0 aromatic carbocycles. The molecule has 0 bridgehead atoms. The van der Waals surface area contributed by atoms with Crippen LogP contribution in [-0.4, -0.2) is 43.5 Å². The minimum atomic E-state index is -4.53. The van der Waals surface area contributed by atoms with Crippen molar-refractivity contribution in [2.24, 2.45) is 22.2 Å². The smallest absolute Gasteiger partial charge is 0.400 e. The van der Waals surface area contributed by atoms with Crippen LogP contribution in [0.2, 0.25) is 0 Å². The molecule has 5 nitrogen and oxygen atoms in total. The molecule has 1 aliphatic rings. The standard InChI is InChI=1S/C11H20F3N3O2/c1-10(2-4-19-5-3-10)7-16-6-8(9(15)17-18)11(12,13)14/h8,16,18H,2-7H2,1H3,(H2,15,17). The molecule has 1 fully saturated rings. The van der Waals surface area contributed by atoms with Crippen molar-refractivity contribution in [2.45, 2.75) is 25.9 Å². The van der Waals surface area contributed by atoms with Crippen LogP contribution in [0.25, 0.3) is 0 Å². The number of amidine groups is 1. The first-order valence-electron chi connectivity index (χ1n) is 6.11. The van der Waals surface area contributed by atoms with E-state index in [1.165, 1.54) is 0 Å². The van der Waals surface area contributed by atoms with Gasteiger partial charge >= 0.3 is 6.18 Å². The summed E-state index contributed by atoms with van der Waals surface area (Å²) in [6.45, 7) is 3.31. The number of hydrogen-bond acceptors (Lipinski definition) is 4. The van der Waals surface area contributed by atoms with Gasteiger partial charge in [-0.05, 0) is 18.3 Å². The molecule has 1 aliphatic heterocycles. The fourth-order valence-electron chi connectivity index (χ4n) is 2.02. The Balaban J connectivity index is 2.48. The van der Waals surface area contributed by atoms with Crippen LogP contribution in [0.1, 0.15) is 19.8 Å². The van der Waals surface area contributed by atoms with Crippen LogP contribution >= 0.6 is 0 Å². The Morgan fingerprint density at radius 3 is 2.53 bits per heavy atom. The number of oxime groups is 1. The van der Waals surface area contributed by atoms with Crippen molar-refractivity contribution in [1.82, 2.24) is 5.32 Å². The molecule has 0 aromatic heterocycles. The molecule has 0 spiro atoms. The molecule has 8 heteroatoms. The van der Waals surface area contributed by atoms with E-state index in [9.17, 15) is 13.2 Å². The minimum Gasteiger partial charge on any atom is -0.409 e. The van der Waals surface area contributed by atoms with E-state index in [1.54, 1.807) is 0 Å². The highest BCUT2D eigenvalue weighted by molar-refractivity contribution is 5.83. The second kappa shape index (κ2) is 6.42. The Kier molecular flexibility index (Phi) is 5.42. The summed E-state index contributed by atoms with van der Waals surface area (Å²) in [6, 6.07) is 0. The molecule has 0 aromatic rings. The van der Waals surface area contributed by atoms with E-state index < -0.39 is 24.5 Å². The second-order valence-electron chi connectivity index (χ2n) is 5.17. The van der Waals surface area contributed by atoms with Gasteiger partial charge < -0.3 is 21.0 Å². The molecule has 4 N–H and O–H groups in total. The van der Waals surface area contributed by atoms with Crippen LogP contribution < -0.4 is 11.1 Å². The molecule has 1 saturated heterocycles. The summed E-state index contributed by atoms with van der Waals surface area (Å²) in [5, 5.41) is 13.6. The largest absolute Gasteiger partial charge is 0.409 e. The maximum absolute atomic E-state index is 12.7. The summed E-state index contributed by atoms with van der Waals surface area (Å²) < 4.78 is 43.3. The number of rotatable bonds is 5. The van der Waals surface area contributed by atoms with Crippen molar-refractivity contribution in [3.05, 3.63) is 0 Å². The first-order chi connectivity index (χ1) is 8.78. The highest BCUT2D eigenvalue weighted by Gasteiger charge is 2.42. The first-order valence-corrected chi connectivity index (χ1v) is 6.11. The average Bonchev–Trinajstić information content (AvgIpc) is 2.33. The highest BCUT2D eigenvalue weighted by Crippen LogP contribution is 2.30. The lowest BCUT2D eigenvalue weighted by Crippen LogP contribution is -2.45. The normalized spacial score (nSPS) is 22.2. The fraction of sp³-hybridized carbons (Fsp3) is 0.909. The van der Waals surface area contributed by atoms with Gasteiger partial charge in [-0.15, -0.1) is 0 Å². The first kappa shape index (κ1) is 16.0. The molecule has 1 heterocycles. The number of nitrogens with two attached hydrogens (primary N) is 1. The zero-order valence-electron chi connectivity index (χ0n) is 10.8. The van der Waals surface area contributed by atoms with Crippen molar-refractivity contribution >= 4 is 5.84 Å². The van der Waals surface area contributed by atoms with Crippen molar-refractivity contribution in [3.63, 3.8) is 0 Å². The molecule has 1 atom stereocenters. The lowest BCUT2D eigenvalue weighted by atomic mass is 9.82. The van der Waals surface area contributed by atoms with E-state index in [2.05, 4.69) is 10.5 Å². The van der Waals surface area contributed by atoms with E-state index in [4.69, 9.17) is 15.7 Å². The molecule has 0 saturated carbocycles.